The molecular formula is C13H25NO3. The summed E-state index contributed by atoms with van der Waals surface area (Å²) in [6, 6.07) is 0.635. The van der Waals surface area contributed by atoms with Gasteiger partial charge in [-0.2, -0.15) is 0 Å². The van der Waals surface area contributed by atoms with Crippen LogP contribution in [0.25, 0.3) is 0 Å². The van der Waals surface area contributed by atoms with Gasteiger partial charge in [0.05, 0.1) is 19.3 Å². The quantitative estimate of drug-likeness (QED) is 0.626. The van der Waals surface area contributed by atoms with Gasteiger partial charge in [0.25, 0.3) is 0 Å². The lowest BCUT2D eigenvalue weighted by molar-refractivity contribution is 0.0356. The summed E-state index contributed by atoms with van der Waals surface area (Å²) in [7, 11) is 0. The Bertz CT molecular complexity index is 227. The van der Waals surface area contributed by atoms with Crippen LogP contribution >= 0.6 is 0 Å². The molecule has 4 heteroatoms. The highest BCUT2D eigenvalue weighted by Crippen LogP contribution is 2.24. The van der Waals surface area contributed by atoms with Crippen molar-refractivity contribution in [1.82, 2.24) is 5.32 Å². The molecule has 1 heterocycles. The molecule has 4 nitrogen and oxygen atoms in total. The maximum absolute atomic E-state index is 9.45. The van der Waals surface area contributed by atoms with Gasteiger partial charge in [0.1, 0.15) is 0 Å². The van der Waals surface area contributed by atoms with E-state index in [0.29, 0.717) is 12.1 Å². The number of ether oxygens (including phenoxy) is 2. The Labute approximate surface area is 104 Å². The molecule has 0 bridgehead atoms. The molecule has 100 valence electrons. The topological polar surface area (TPSA) is 50.7 Å². The summed E-state index contributed by atoms with van der Waals surface area (Å²) in [6.45, 7) is 4.66. The maximum atomic E-state index is 9.45. The lowest BCUT2D eigenvalue weighted by Gasteiger charge is -2.29. The standard InChI is InChI=1S/C13H25NO3/c1-13(10-15,14-11-3-4-11)6-2-7-17-12-5-8-16-9-12/h11-12,14-15H,2-10H2,1H3. The van der Waals surface area contributed by atoms with Crippen molar-refractivity contribution < 1.29 is 14.6 Å². The Hall–Kier alpha value is -0.160. The molecule has 2 unspecified atom stereocenters. The third-order valence-corrected chi connectivity index (χ3v) is 3.59. The van der Waals surface area contributed by atoms with Gasteiger partial charge in [-0.05, 0) is 39.0 Å². The molecule has 1 aliphatic carbocycles. The maximum Gasteiger partial charge on any atom is 0.0830 e. The Morgan fingerprint density at radius 1 is 1.41 bits per heavy atom. The second-order valence-corrected chi connectivity index (χ2v) is 5.60. The number of nitrogens with one attached hydrogen (secondary N) is 1. The predicted octanol–water partition coefficient (Wildman–Crippen LogP) is 1.08. The normalized spacial score (nSPS) is 28.2. The largest absolute Gasteiger partial charge is 0.394 e. The summed E-state index contributed by atoms with van der Waals surface area (Å²) >= 11 is 0. The van der Waals surface area contributed by atoms with Crippen molar-refractivity contribution in [1.29, 1.82) is 0 Å². The van der Waals surface area contributed by atoms with Gasteiger partial charge in [-0.15, -0.1) is 0 Å². The van der Waals surface area contributed by atoms with Gasteiger partial charge < -0.3 is 19.9 Å². The summed E-state index contributed by atoms with van der Waals surface area (Å²) in [5.41, 5.74) is -0.128. The first-order valence-electron chi connectivity index (χ1n) is 6.80. The zero-order chi connectivity index (χ0) is 12.1. The Morgan fingerprint density at radius 3 is 2.82 bits per heavy atom. The molecule has 2 fully saturated rings. The molecule has 2 rings (SSSR count). The molecule has 0 aromatic rings. The minimum absolute atomic E-state index is 0.128. The third kappa shape index (κ3) is 4.54. The van der Waals surface area contributed by atoms with Crippen LogP contribution in [0, 0.1) is 0 Å². The predicted molar refractivity (Wildman–Crippen MR) is 66.1 cm³/mol. The summed E-state index contributed by atoms with van der Waals surface area (Å²) < 4.78 is 11.0. The Balaban J connectivity index is 1.58. The van der Waals surface area contributed by atoms with Gasteiger partial charge in [-0.1, -0.05) is 0 Å². The first-order valence-corrected chi connectivity index (χ1v) is 6.80. The van der Waals surface area contributed by atoms with E-state index in [9.17, 15) is 5.11 Å². The summed E-state index contributed by atoms with van der Waals surface area (Å²) in [5, 5.41) is 13.0. The van der Waals surface area contributed by atoms with Crippen LogP contribution < -0.4 is 5.32 Å². The average Bonchev–Trinajstić information content (AvgIpc) is 2.97. The number of aliphatic hydroxyl groups excluding tert-OH is 1. The van der Waals surface area contributed by atoms with Crippen LogP contribution in [0.15, 0.2) is 0 Å². The summed E-state index contributed by atoms with van der Waals surface area (Å²) in [5.74, 6) is 0. The molecule has 1 saturated carbocycles. The van der Waals surface area contributed by atoms with Gasteiger partial charge in [0, 0.05) is 24.8 Å². The zero-order valence-corrected chi connectivity index (χ0v) is 10.8. The fourth-order valence-corrected chi connectivity index (χ4v) is 2.27. The van der Waals surface area contributed by atoms with E-state index in [1.165, 1.54) is 12.8 Å². The fourth-order valence-electron chi connectivity index (χ4n) is 2.27. The number of rotatable bonds is 8. The second-order valence-electron chi connectivity index (χ2n) is 5.60. The molecule has 17 heavy (non-hydrogen) atoms. The third-order valence-electron chi connectivity index (χ3n) is 3.59. The SMILES string of the molecule is CC(CO)(CCCOC1CCOC1)NC1CC1. The van der Waals surface area contributed by atoms with Crippen LogP contribution in [0.2, 0.25) is 0 Å². The lowest BCUT2D eigenvalue weighted by Crippen LogP contribution is -2.47. The molecule has 2 aliphatic rings. The van der Waals surface area contributed by atoms with Crippen LogP contribution in [-0.4, -0.2) is 49.2 Å². The van der Waals surface area contributed by atoms with Gasteiger partial charge in [0.2, 0.25) is 0 Å². The van der Waals surface area contributed by atoms with E-state index in [0.717, 1.165) is 39.1 Å². The van der Waals surface area contributed by atoms with Crippen molar-refractivity contribution in [3.8, 4) is 0 Å². The minimum atomic E-state index is -0.128. The van der Waals surface area contributed by atoms with Gasteiger partial charge >= 0.3 is 0 Å². The van der Waals surface area contributed by atoms with Crippen LogP contribution in [0.4, 0.5) is 0 Å². The fraction of sp³-hybridized carbons (Fsp3) is 1.00. The van der Waals surface area contributed by atoms with Crippen LogP contribution in [0.5, 0.6) is 0 Å². The first kappa shape index (κ1) is 13.3. The van der Waals surface area contributed by atoms with Crippen LogP contribution in [0.3, 0.4) is 0 Å². The minimum Gasteiger partial charge on any atom is -0.394 e. The molecule has 1 aliphatic heterocycles. The van der Waals surface area contributed by atoms with Gasteiger partial charge in [-0.25, -0.2) is 0 Å². The summed E-state index contributed by atoms with van der Waals surface area (Å²) in [4.78, 5) is 0. The molecular weight excluding hydrogens is 218 g/mol. The van der Waals surface area contributed by atoms with E-state index >= 15 is 0 Å². The highest BCUT2D eigenvalue weighted by Gasteiger charge is 2.31. The van der Waals surface area contributed by atoms with Crippen molar-refractivity contribution in [3.63, 3.8) is 0 Å². The number of aliphatic hydroxyl groups is 1. The van der Waals surface area contributed by atoms with E-state index in [4.69, 9.17) is 9.47 Å². The van der Waals surface area contributed by atoms with E-state index in [1.807, 2.05) is 0 Å². The van der Waals surface area contributed by atoms with E-state index in [1.54, 1.807) is 0 Å². The molecule has 2 N–H and O–H groups in total. The summed E-state index contributed by atoms with van der Waals surface area (Å²) in [6.07, 6.45) is 5.79. The lowest BCUT2D eigenvalue weighted by atomic mass is 9.97. The average molecular weight is 243 g/mol. The zero-order valence-electron chi connectivity index (χ0n) is 10.8. The molecule has 0 aromatic heterocycles. The van der Waals surface area contributed by atoms with Crippen molar-refractivity contribution in [3.05, 3.63) is 0 Å². The molecule has 1 saturated heterocycles. The number of hydrogen-bond donors (Lipinski definition) is 2. The molecule has 0 spiro atoms. The monoisotopic (exact) mass is 243 g/mol. The molecule has 0 aromatic carbocycles. The Kier molecular flexibility index (Phi) is 4.79. The highest BCUT2D eigenvalue weighted by atomic mass is 16.5. The van der Waals surface area contributed by atoms with Crippen molar-refractivity contribution in [2.75, 3.05) is 26.4 Å². The smallest absolute Gasteiger partial charge is 0.0830 e. The van der Waals surface area contributed by atoms with E-state index in [-0.39, 0.29) is 12.1 Å². The molecule has 0 amide bonds. The van der Waals surface area contributed by atoms with Crippen LogP contribution in [-0.2, 0) is 9.47 Å². The molecule has 0 radical (unpaired) electrons. The van der Waals surface area contributed by atoms with Crippen molar-refractivity contribution in [2.24, 2.45) is 0 Å². The Morgan fingerprint density at radius 2 is 2.24 bits per heavy atom. The van der Waals surface area contributed by atoms with E-state index < -0.39 is 0 Å². The number of hydrogen-bond acceptors (Lipinski definition) is 4. The van der Waals surface area contributed by atoms with E-state index in [2.05, 4.69) is 12.2 Å². The van der Waals surface area contributed by atoms with Gasteiger partial charge in [-0.3, -0.25) is 0 Å². The first-order chi connectivity index (χ1) is 8.22. The van der Waals surface area contributed by atoms with Crippen molar-refractivity contribution in [2.45, 2.75) is 56.7 Å². The second kappa shape index (κ2) is 6.14. The van der Waals surface area contributed by atoms with Crippen LogP contribution in [0.1, 0.15) is 39.0 Å². The highest BCUT2D eigenvalue weighted by molar-refractivity contribution is 4.92. The molecule has 2 atom stereocenters. The van der Waals surface area contributed by atoms with Gasteiger partial charge in [0.15, 0.2) is 0 Å². The van der Waals surface area contributed by atoms with Crippen molar-refractivity contribution >= 4 is 0 Å².